The van der Waals surface area contributed by atoms with Crippen molar-refractivity contribution in [2.24, 2.45) is 7.05 Å². The molecule has 21 heavy (non-hydrogen) atoms. The molecule has 2 N–H and O–H groups in total. The van der Waals surface area contributed by atoms with Gasteiger partial charge in [0, 0.05) is 24.4 Å². The van der Waals surface area contributed by atoms with Crippen LogP contribution in [0.25, 0.3) is 11.1 Å². The van der Waals surface area contributed by atoms with Crippen LogP contribution in [0.5, 0.6) is 0 Å². The molecule has 0 fully saturated rings. The Bertz CT molecular complexity index is 802. The van der Waals surface area contributed by atoms with Crippen molar-refractivity contribution < 1.29 is 12.8 Å². The lowest BCUT2D eigenvalue weighted by Crippen LogP contribution is -2.09. The Morgan fingerprint density at radius 3 is 2.57 bits per heavy atom. The van der Waals surface area contributed by atoms with Crippen LogP contribution in [0.3, 0.4) is 0 Å². The molecule has 0 aliphatic rings. The molecule has 0 saturated carbocycles. The highest BCUT2D eigenvalue weighted by molar-refractivity contribution is 7.90. The number of aryl methyl sites for hydroxylation is 1. The molecule has 0 aliphatic heterocycles. The van der Waals surface area contributed by atoms with Gasteiger partial charge in [-0.2, -0.15) is 5.10 Å². The molecule has 0 saturated heterocycles. The number of halogens is 2. The number of sulfone groups is 1. The average molecular weight is 332 g/mol. The Balaban J connectivity index is 2.74. The molecule has 0 amide bonds. The van der Waals surface area contributed by atoms with Gasteiger partial charge in [0.2, 0.25) is 0 Å². The normalized spacial score (nSPS) is 13.4. The van der Waals surface area contributed by atoms with Gasteiger partial charge in [-0.15, -0.1) is 0 Å². The number of nitrogens with zero attached hydrogens (tertiary/aromatic N) is 2. The number of anilines is 1. The summed E-state index contributed by atoms with van der Waals surface area (Å²) in [5.74, 6) is -0.210. The molecule has 5 nitrogen and oxygen atoms in total. The first-order chi connectivity index (χ1) is 9.62. The third-order valence-electron chi connectivity index (χ3n) is 3.35. The van der Waals surface area contributed by atoms with Crippen molar-refractivity contribution in [1.29, 1.82) is 0 Å². The van der Waals surface area contributed by atoms with Gasteiger partial charge >= 0.3 is 0 Å². The van der Waals surface area contributed by atoms with E-state index in [9.17, 15) is 12.8 Å². The molecule has 0 spiro atoms. The van der Waals surface area contributed by atoms with Crippen LogP contribution in [0.15, 0.2) is 18.2 Å². The van der Waals surface area contributed by atoms with Crippen molar-refractivity contribution in [1.82, 2.24) is 9.78 Å². The number of hydrogen-bond acceptors (Lipinski definition) is 4. The fraction of sp³-hybridized carbons (Fsp3) is 0.308. The van der Waals surface area contributed by atoms with Crippen LogP contribution in [-0.2, 0) is 16.9 Å². The minimum Gasteiger partial charge on any atom is -0.383 e. The molecule has 0 aliphatic carbocycles. The van der Waals surface area contributed by atoms with Crippen LogP contribution in [0.4, 0.5) is 10.2 Å². The van der Waals surface area contributed by atoms with E-state index in [0.717, 1.165) is 12.3 Å². The number of benzene rings is 1. The van der Waals surface area contributed by atoms with Gasteiger partial charge in [-0.1, -0.05) is 11.6 Å². The van der Waals surface area contributed by atoms with E-state index < -0.39 is 20.9 Å². The van der Waals surface area contributed by atoms with E-state index in [-0.39, 0.29) is 10.8 Å². The van der Waals surface area contributed by atoms with Gasteiger partial charge in [0.05, 0.1) is 10.7 Å². The van der Waals surface area contributed by atoms with Crippen molar-refractivity contribution >= 4 is 27.3 Å². The first kappa shape index (κ1) is 15.8. The van der Waals surface area contributed by atoms with Gasteiger partial charge in [0.1, 0.15) is 16.9 Å². The van der Waals surface area contributed by atoms with Gasteiger partial charge < -0.3 is 5.73 Å². The molecule has 2 aromatic rings. The Hall–Kier alpha value is -1.60. The van der Waals surface area contributed by atoms with E-state index in [1.165, 1.54) is 23.7 Å². The lowest BCUT2D eigenvalue weighted by Gasteiger charge is -2.11. The van der Waals surface area contributed by atoms with Crippen molar-refractivity contribution in [2.45, 2.75) is 12.2 Å². The highest BCUT2D eigenvalue weighted by atomic mass is 35.5. The summed E-state index contributed by atoms with van der Waals surface area (Å²) in [6, 6.07) is 3.85. The van der Waals surface area contributed by atoms with E-state index in [4.69, 9.17) is 17.3 Å². The molecule has 2 rings (SSSR count). The van der Waals surface area contributed by atoms with E-state index in [0.29, 0.717) is 16.8 Å². The third-order valence-corrected chi connectivity index (χ3v) is 5.17. The lowest BCUT2D eigenvalue weighted by atomic mass is 10.0. The molecule has 0 radical (unpaired) electrons. The van der Waals surface area contributed by atoms with Gasteiger partial charge in [-0.05, 0) is 25.1 Å². The maximum Gasteiger partial charge on any atom is 0.155 e. The van der Waals surface area contributed by atoms with E-state index in [2.05, 4.69) is 5.10 Å². The Morgan fingerprint density at radius 1 is 1.43 bits per heavy atom. The summed E-state index contributed by atoms with van der Waals surface area (Å²) in [5, 5.41) is 3.48. The van der Waals surface area contributed by atoms with E-state index in [1.54, 1.807) is 7.05 Å². The van der Waals surface area contributed by atoms with Crippen LogP contribution >= 0.6 is 11.6 Å². The average Bonchev–Trinajstić information content (AvgIpc) is 2.64. The minimum atomic E-state index is -3.36. The molecular formula is C13H15ClFN3O2S. The van der Waals surface area contributed by atoms with Crippen molar-refractivity contribution in [3.05, 3.63) is 34.7 Å². The summed E-state index contributed by atoms with van der Waals surface area (Å²) >= 11 is 6.05. The van der Waals surface area contributed by atoms with Crippen molar-refractivity contribution in [3.63, 3.8) is 0 Å². The van der Waals surface area contributed by atoms with E-state index >= 15 is 0 Å². The first-order valence-corrected chi connectivity index (χ1v) is 8.42. The second-order valence-electron chi connectivity index (χ2n) is 4.87. The summed E-state index contributed by atoms with van der Waals surface area (Å²) in [4.78, 5) is 0. The van der Waals surface area contributed by atoms with Crippen molar-refractivity contribution in [2.75, 3.05) is 12.0 Å². The molecule has 114 valence electrons. The predicted molar refractivity (Wildman–Crippen MR) is 81.3 cm³/mol. The SMILES string of the molecule is CC(c1nn(C)c(N)c1-c1ccc(F)cc1Cl)S(C)(=O)=O. The summed E-state index contributed by atoms with van der Waals surface area (Å²) in [6.07, 6.45) is 1.12. The van der Waals surface area contributed by atoms with Crippen LogP contribution in [0.2, 0.25) is 5.02 Å². The fourth-order valence-corrected chi connectivity index (χ4v) is 2.85. The van der Waals surface area contributed by atoms with Gasteiger partial charge in [0.25, 0.3) is 0 Å². The van der Waals surface area contributed by atoms with Gasteiger partial charge in [0.15, 0.2) is 9.84 Å². The molecule has 1 unspecified atom stereocenters. The Labute approximate surface area is 127 Å². The maximum atomic E-state index is 13.2. The first-order valence-electron chi connectivity index (χ1n) is 6.09. The molecule has 1 aromatic carbocycles. The zero-order chi connectivity index (χ0) is 15.9. The maximum absolute atomic E-state index is 13.2. The molecular weight excluding hydrogens is 317 g/mol. The monoisotopic (exact) mass is 331 g/mol. The Kier molecular flexibility index (Phi) is 3.99. The van der Waals surface area contributed by atoms with E-state index in [1.807, 2.05) is 0 Å². The number of nitrogens with two attached hydrogens (primary N) is 1. The van der Waals surface area contributed by atoms with Crippen LogP contribution in [0, 0.1) is 5.82 Å². The zero-order valence-corrected chi connectivity index (χ0v) is 13.3. The quantitative estimate of drug-likeness (QED) is 0.937. The largest absolute Gasteiger partial charge is 0.383 e. The van der Waals surface area contributed by atoms with Crippen molar-refractivity contribution in [3.8, 4) is 11.1 Å². The van der Waals surface area contributed by atoms with Crippen LogP contribution in [0.1, 0.15) is 17.9 Å². The lowest BCUT2D eigenvalue weighted by molar-refractivity contribution is 0.589. The predicted octanol–water partition coefficient (Wildman–Crippen LogP) is 2.57. The molecule has 1 aromatic heterocycles. The number of nitrogen functional groups attached to an aromatic ring is 1. The van der Waals surface area contributed by atoms with Crippen LogP contribution in [-0.4, -0.2) is 24.5 Å². The smallest absolute Gasteiger partial charge is 0.155 e. The summed E-state index contributed by atoms with van der Waals surface area (Å²) < 4.78 is 38.1. The molecule has 0 bridgehead atoms. The summed E-state index contributed by atoms with van der Waals surface area (Å²) in [7, 11) is -1.75. The van der Waals surface area contributed by atoms with Gasteiger partial charge in [-0.25, -0.2) is 12.8 Å². The highest BCUT2D eigenvalue weighted by Gasteiger charge is 2.27. The number of hydrogen-bond donors (Lipinski definition) is 1. The second-order valence-corrected chi connectivity index (χ2v) is 7.64. The minimum absolute atomic E-state index is 0.150. The number of rotatable bonds is 3. The third kappa shape index (κ3) is 2.89. The molecule has 1 atom stereocenters. The summed E-state index contributed by atoms with van der Waals surface area (Å²) in [5.41, 5.74) is 7.14. The summed E-state index contributed by atoms with van der Waals surface area (Å²) in [6.45, 7) is 1.53. The van der Waals surface area contributed by atoms with Gasteiger partial charge in [-0.3, -0.25) is 4.68 Å². The zero-order valence-electron chi connectivity index (χ0n) is 11.8. The second kappa shape index (κ2) is 5.31. The Morgan fingerprint density at radius 2 is 2.05 bits per heavy atom. The fourth-order valence-electron chi connectivity index (χ4n) is 2.01. The van der Waals surface area contributed by atoms with Crippen LogP contribution < -0.4 is 5.73 Å². The topological polar surface area (TPSA) is 78.0 Å². The number of aromatic nitrogens is 2. The molecule has 8 heteroatoms. The standard InChI is InChI=1S/C13H15ClFN3O2S/c1-7(21(3,19)20)12-11(13(16)18(2)17-12)9-5-4-8(15)6-10(9)14/h4-7H,16H2,1-3H3. The highest BCUT2D eigenvalue weighted by Crippen LogP contribution is 2.39. The molecule has 1 heterocycles.